The molecule has 2 saturated carbocycles. The maximum absolute atomic E-state index is 10.2. The summed E-state index contributed by atoms with van der Waals surface area (Å²) in [5.41, 5.74) is 13.4. The van der Waals surface area contributed by atoms with E-state index in [1.807, 2.05) is 0 Å². The van der Waals surface area contributed by atoms with Crippen LogP contribution in [0.25, 0.3) is 22.3 Å². The summed E-state index contributed by atoms with van der Waals surface area (Å²) in [6.45, 7) is 0. The number of fused-ring (bicyclic) bond motifs is 2. The average Bonchev–Trinajstić information content (AvgIpc) is 3.84. The van der Waals surface area contributed by atoms with E-state index in [-0.39, 0.29) is 23.8 Å². The van der Waals surface area contributed by atoms with Gasteiger partial charge in [0.1, 0.15) is 48.1 Å². The van der Waals surface area contributed by atoms with Gasteiger partial charge in [0.15, 0.2) is 35.4 Å². The van der Waals surface area contributed by atoms with Gasteiger partial charge in [0.2, 0.25) is 0 Å². The first-order valence-electron chi connectivity index (χ1n) is 13.2. The highest BCUT2D eigenvalue weighted by Crippen LogP contribution is 2.45. The zero-order valence-electron chi connectivity index (χ0n) is 21.2. The summed E-state index contributed by atoms with van der Waals surface area (Å²) in [5, 5.41) is 40.6. The molecule has 4 aliphatic rings. The zero-order chi connectivity index (χ0) is 27.7. The van der Waals surface area contributed by atoms with Crippen LogP contribution in [0.15, 0.2) is 25.3 Å². The molecule has 8 N–H and O–H groups in total. The summed E-state index contributed by atoms with van der Waals surface area (Å²) >= 11 is 0. The van der Waals surface area contributed by atoms with Crippen molar-refractivity contribution in [1.29, 1.82) is 0 Å². The molecule has 16 heteroatoms. The molecular formula is C24H30N10O6. The number of nitrogens with zero attached hydrogens (tertiary/aromatic N) is 8. The maximum atomic E-state index is 10.2. The van der Waals surface area contributed by atoms with Crippen LogP contribution in [0.5, 0.6) is 0 Å². The lowest BCUT2D eigenvalue weighted by Gasteiger charge is -2.16. The van der Waals surface area contributed by atoms with Crippen LogP contribution in [0.3, 0.4) is 0 Å². The molecule has 8 rings (SSSR count). The van der Waals surface area contributed by atoms with Crippen LogP contribution in [0.2, 0.25) is 0 Å². The Hall–Kier alpha value is -3.54. The molecule has 4 fully saturated rings. The monoisotopic (exact) mass is 554 g/mol. The number of rotatable bonds is 4. The zero-order valence-corrected chi connectivity index (χ0v) is 21.2. The first-order valence-corrected chi connectivity index (χ1v) is 13.2. The van der Waals surface area contributed by atoms with E-state index in [2.05, 4.69) is 29.9 Å². The summed E-state index contributed by atoms with van der Waals surface area (Å²) in [5.74, 6) is 1.22. The van der Waals surface area contributed by atoms with Crippen LogP contribution >= 0.6 is 0 Å². The number of aliphatic hydroxyl groups excluding tert-OH is 4. The molecule has 4 aromatic heterocycles. The number of nitrogens with two attached hydrogens (primary N) is 2. The van der Waals surface area contributed by atoms with Crippen molar-refractivity contribution in [2.24, 2.45) is 11.8 Å². The van der Waals surface area contributed by atoms with E-state index >= 15 is 0 Å². The van der Waals surface area contributed by atoms with Gasteiger partial charge in [-0.2, -0.15) is 0 Å². The highest BCUT2D eigenvalue weighted by atomic mass is 16.6. The molecule has 6 heterocycles. The lowest BCUT2D eigenvalue weighted by Crippen LogP contribution is -2.32. The third-order valence-electron chi connectivity index (χ3n) is 8.05. The second-order valence-corrected chi connectivity index (χ2v) is 10.8. The number of hydrogen-bond acceptors (Lipinski definition) is 14. The van der Waals surface area contributed by atoms with Crippen LogP contribution in [-0.4, -0.2) is 96.1 Å². The Labute approximate surface area is 226 Å². The van der Waals surface area contributed by atoms with Gasteiger partial charge in [0.25, 0.3) is 0 Å². The van der Waals surface area contributed by atoms with Crippen molar-refractivity contribution < 1.29 is 29.9 Å². The Kier molecular flexibility index (Phi) is 6.06. The number of nitrogen functional groups attached to an aromatic ring is 2. The van der Waals surface area contributed by atoms with Gasteiger partial charge in [0, 0.05) is 0 Å². The predicted molar refractivity (Wildman–Crippen MR) is 137 cm³/mol. The quantitative estimate of drug-likeness (QED) is 0.175. The minimum absolute atomic E-state index is 0.278. The fraction of sp³-hybridized carbons (Fsp3) is 0.583. The van der Waals surface area contributed by atoms with E-state index in [1.54, 1.807) is 9.13 Å². The smallest absolute Gasteiger partial charge is 0.167 e. The topological polar surface area (TPSA) is 239 Å². The molecule has 40 heavy (non-hydrogen) atoms. The fourth-order valence-corrected chi connectivity index (χ4v) is 5.57. The highest BCUT2D eigenvalue weighted by molar-refractivity contribution is 5.81. The first-order chi connectivity index (χ1) is 19.3. The molecular weight excluding hydrogens is 524 g/mol. The summed E-state index contributed by atoms with van der Waals surface area (Å²) in [4.78, 5) is 24.3. The van der Waals surface area contributed by atoms with Crippen molar-refractivity contribution in [3.8, 4) is 0 Å². The Morgan fingerprint density at radius 2 is 1.00 bits per heavy atom. The van der Waals surface area contributed by atoms with Gasteiger partial charge >= 0.3 is 0 Å². The van der Waals surface area contributed by atoms with Gasteiger partial charge in [-0.1, -0.05) is 0 Å². The molecule has 2 saturated heterocycles. The second kappa shape index (κ2) is 9.53. The molecule has 8 atom stereocenters. The van der Waals surface area contributed by atoms with Crippen molar-refractivity contribution in [3.63, 3.8) is 0 Å². The van der Waals surface area contributed by atoms with Crippen LogP contribution in [0.4, 0.5) is 11.6 Å². The molecule has 0 spiro atoms. The molecule has 212 valence electrons. The standard InChI is InChI=1S/2C12H15N5O3/c2*13-10-6-11(15-3-14-10)17(4-16-6)12-8(19)7(18)9(20-12)5-1-2-5/h2*3-5,7-9,12,18-19H,1-2H2,(H2,13,14,15). The van der Waals surface area contributed by atoms with E-state index in [1.165, 1.54) is 25.3 Å². The number of aromatic nitrogens is 8. The third-order valence-corrected chi connectivity index (χ3v) is 8.05. The van der Waals surface area contributed by atoms with E-state index in [0.717, 1.165) is 25.7 Å². The Balaban J connectivity index is 0.000000132. The predicted octanol–water partition coefficient (Wildman–Crippen LogP) is -1.12. The van der Waals surface area contributed by atoms with Crippen LogP contribution in [0.1, 0.15) is 38.1 Å². The van der Waals surface area contributed by atoms with Gasteiger partial charge in [0.05, 0.1) is 24.9 Å². The maximum Gasteiger partial charge on any atom is 0.167 e. The third kappa shape index (κ3) is 4.15. The Morgan fingerprint density at radius 3 is 1.38 bits per heavy atom. The molecule has 0 aromatic carbocycles. The minimum Gasteiger partial charge on any atom is -0.388 e. The molecule has 16 nitrogen and oxygen atoms in total. The van der Waals surface area contributed by atoms with E-state index in [9.17, 15) is 20.4 Å². The van der Waals surface area contributed by atoms with Crippen molar-refractivity contribution in [2.75, 3.05) is 11.5 Å². The summed E-state index contributed by atoms with van der Waals surface area (Å²) in [7, 11) is 0. The van der Waals surface area contributed by atoms with Gasteiger partial charge in [-0.3, -0.25) is 9.13 Å². The van der Waals surface area contributed by atoms with Gasteiger partial charge in [-0.15, -0.1) is 0 Å². The van der Waals surface area contributed by atoms with Crippen molar-refractivity contribution in [1.82, 2.24) is 39.0 Å². The summed E-state index contributed by atoms with van der Waals surface area (Å²) in [6.07, 6.45) is 3.97. The Morgan fingerprint density at radius 1 is 0.600 bits per heavy atom. The molecule has 2 aliphatic heterocycles. The molecule has 0 radical (unpaired) electrons. The van der Waals surface area contributed by atoms with Crippen molar-refractivity contribution >= 4 is 34.0 Å². The van der Waals surface area contributed by atoms with E-state index < -0.39 is 36.9 Å². The lowest BCUT2D eigenvalue weighted by atomic mass is 10.1. The highest BCUT2D eigenvalue weighted by Gasteiger charge is 2.51. The number of aliphatic hydroxyl groups is 4. The van der Waals surface area contributed by atoms with E-state index in [4.69, 9.17) is 20.9 Å². The van der Waals surface area contributed by atoms with Crippen molar-refractivity contribution in [2.45, 2.75) is 74.8 Å². The number of hydrogen-bond donors (Lipinski definition) is 6. The lowest BCUT2D eigenvalue weighted by molar-refractivity contribution is -0.0413. The SMILES string of the molecule is Nc1ncnc2c1ncn2C1OC(C2CC2)C(O)C1O.Nc1ncnc2c1ncn2C1OC(C2CC2)C(O)C1O. The normalized spacial score (nSPS) is 33.9. The fourth-order valence-electron chi connectivity index (χ4n) is 5.57. The van der Waals surface area contributed by atoms with Crippen LogP contribution in [-0.2, 0) is 9.47 Å². The second-order valence-electron chi connectivity index (χ2n) is 10.8. The molecule has 0 amide bonds. The summed E-state index contributed by atoms with van der Waals surface area (Å²) < 4.78 is 14.8. The number of anilines is 2. The van der Waals surface area contributed by atoms with Crippen LogP contribution < -0.4 is 11.5 Å². The van der Waals surface area contributed by atoms with Crippen molar-refractivity contribution in [3.05, 3.63) is 25.3 Å². The number of imidazole rings is 2. The molecule has 8 unspecified atom stereocenters. The Bertz CT molecular complexity index is 1430. The van der Waals surface area contributed by atoms with Crippen LogP contribution in [0, 0.1) is 11.8 Å². The average molecular weight is 555 g/mol. The van der Waals surface area contributed by atoms with Gasteiger partial charge in [-0.25, -0.2) is 29.9 Å². The molecule has 4 aromatic rings. The largest absolute Gasteiger partial charge is 0.388 e. The minimum atomic E-state index is -1.01. The van der Waals surface area contributed by atoms with Gasteiger partial charge in [-0.05, 0) is 37.5 Å². The molecule has 0 bridgehead atoms. The first kappa shape index (κ1) is 25.4. The van der Waals surface area contributed by atoms with E-state index in [0.29, 0.717) is 34.2 Å². The van der Waals surface area contributed by atoms with Gasteiger partial charge < -0.3 is 41.4 Å². The summed E-state index contributed by atoms with van der Waals surface area (Å²) in [6, 6.07) is 0. The molecule has 2 aliphatic carbocycles. The number of ether oxygens (including phenoxy) is 2.